The molecule has 0 aliphatic rings. The van der Waals surface area contributed by atoms with E-state index in [-0.39, 0.29) is 23.5 Å². The Morgan fingerprint density at radius 2 is 2.24 bits per heavy atom. The van der Waals surface area contributed by atoms with Crippen molar-refractivity contribution in [3.63, 3.8) is 0 Å². The molecular formula is C10H9BrN2O4. The second-order valence-electron chi connectivity index (χ2n) is 3.17. The Morgan fingerprint density at radius 1 is 1.59 bits per heavy atom. The molecule has 0 aromatic heterocycles. The van der Waals surface area contributed by atoms with E-state index in [9.17, 15) is 14.9 Å². The van der Waals surface area contributed by atoms with Crippen LogP contribution >= 0.6 is 15.9 Å². The minimum atomic E-state index is -1.14. The van der Waals surface area contributed by atoms with Gasteiger partial charge < -0.3 is 10.4 Å². The molecule has 17 heavy (non-hydrogen) atoms. The summed E-state index contributed by atoms with van der Waals surface area (Å²) >= 11 is 3.10. The van der Waals surface area contributed by atoms with Gasteiger partial charge in [-0.2, -0.15) is 0 Å². The van der Waals surface area contributed by atoms with Crippen LogP contribution in [0.25, 0.3) is 0 Å². The molecule has 0 unspecified atom stereocenters. The van der Waals surface area contributed by atoms with Gasteiger partial charge in [0, 0.05) is 17.1 Å². The first kappa shape index (κ1) is 13.2. The van der Waals surface area contributed by atoms with Crippen molar-refractivity contribution in [3.05, 3.63) is 44.9 Å². The van der Waals surface area contributed by atoms with Crippen LogP contribution in [0.4, 0.5) is 11.4 Å². The fraction of sp³-hybridized carbons (Fsp3) is 0.100. The van der Waals surface area contributed by atoms with Crippen LogP contribution in [-0.4, -0.2) is 22.5 Å². The molecule has 6 nitrogen and oxygen atoms in total. The third-order valence-electron chi connectivity index (χ3n) is 1.91. The van der Waals surface area contributed by atoms with E-state index < -0.39 is 10.9 Å². The fourth-order valence-electron chi connectivity index (χ4n) is 1.16. The largest absolute Gasteiger partial charge is 0.478 e. The summed E-state index contributed by atoms with van der Waals surface area (Å²) in [5.41, 5.74) is -0.0439. The van der Waals surface area contributed by atoms with E-state index in [0.29, 0.717) is 4.48 Å². The summed E-state index contributed by atoms with van der Waals surface area (Å²) in [5.74, 6) is -1.14. The Bertz CT molecular complexity index is 487. The first-order valence-corrected chi connectivity index (χ1v) is 5.30. The number of nitrogens with one attached hydrogen (secondary N) is 1. The van der Waals surface area contributed by atoms with Crippen molar-refractivity contribution in [2.75, 3.05) is 11.9 Å². The Hall–Kier alpha value is -1.89. The molecule has 2 N–H and O–H groups in total. The standard InChI is InChI=1S/C10H9BrN2O4/c1-6(11)5-12-8-4-7(10(14)15)2-3-9(8)13(16)17/h2-4,12H,1,5H2,(H,14,15). The molecule has 7 heteroatoms. The van der Waals surface area contributed by atoms with Crippen LogP contribution in [0.3, 0.4) is 0 Å². The van der Waals surface area contributed by atoms with E-state index in [1.165, 1.54) is 12.1 Å². The molecule has 1 aromatic rings. The van der Waals surface area contributed by atoms with Crippen LogP contribution in [0, 0.1) is 10.1 Å². The predicted octanol–water partition coefficient (Wildman–Crippen LogP) is 2.61. The third-order valence-corrected chi connectivity index (χ3v) is 2.19. The Morgan fingerprint density at radius 3 is 2.71 bits per heavy atom. The zero-order valence-electron chi connectivity index (χ0n) is 8.64. The zero-order chi connectivity index (χ0) is 13.0. The topological polar surface area (TPSA) is 92.5 Å². The number of halogens is 1. The average molecular weight is 301 g/mol. The first-order valence-electron chi connectivity index (χ1n) is 4.50. The van der Waals surface area contributed by atoms with Crippen LogP contribution < -0.4 is 5.32 Å². The SMILES string of the molecule is C=C(Br)CNc1cc(C(=O)O)ccc1[N+](=O)[O-]. The summed E-state index contributed by atoms with van der Waals surface area (Å²) in [7, 11) is 0. The predicted molar refractivity (Wildman–Crippen MR) is 66.6 cm³/mol. The molecule has 0 saturated carbocycles. The number of hydrogen-bond acceptors (Lipinski definition) is 4. The van der Waals surface area contributed by atoms with E-state index in [0.717, 1.165) is 6.07 Å². The molecule has 0 aliphatic heterocycles. The number of nitro benzene ring substituents is 1. The number of carboxylic acid groups (broad SMARTS) is 1. The molecule has 1 rings (SSSR count). The molecule has 0 heterocycles. The molecule has 0 spiro atoms. The highest BCUT2D eigenvalue weighted by atomic mass is 79.9. The summed E-state index contributed by atoms with van der Waals surface area (Å²) in [4.78, 5) is 20.9. The molecule has 0 saturated heterocycles. The lowest BCUT2D eigenvalue weighted by molar-refractivity contribution is -0.384. The van der Waals surface area contributed by atoms with Crippen LogP contribution in [-0.2, 0) is 0 Å². The summed E-state index contributed by atoms with van der Waals surface area (Å²) in [6, 6.07) is 3.56. The second kappa shape index (κ2) is 5.44. The number of anilines is 1. The number of nitrogens with zero attached hydrogens (tertiary/aromatic N) is 1. The molecule has 90 valence electrons. The zero-order valence-corrected chi connectivity index (χ0v) is 10.2. The maximum atomic E-state index is 10.7. The van der Waals surface area contributed by atoms with Gasteiger partial charge in [0.25, 0.3) is 5.69 Å². The summed E-state index contributed by atoms with van der Waals surface area (Å²) in [6.07, 6.45) is 0. The maximum absolute atomic E-state index is 10.7. The number of carboxylic acids is 1. The monoisotopic (exact) mass is 300 g/mol. The fourth-order valence-corrected chi connectivity index (χ4v) is 1.30. The number of carbonyl (C=O) groups is 1. The highest BCUT2D eigenvalue weighted by Crippen LogP contribution is 2.25. The number of benzene rings is 1. The number of rotatable bonds is 5. The van der Waals surface area contributed by atoms with E-state index in [2.05, 4.69) is 27.8 Å². The normalized spacial score (nSPS) is 9.71. The molecule has 0 atom stereocenters. The van der Waals surface area contributed by atoms with Gasteiger partial charge in [0.15, 0.2) is 0 Å². The Balaban J connectivity index is 3.11. The van der Waals surface area contributed by atoms with Crippen molar-refractivity contribution in [1.29, 1.82) is 0 Å². The van der Waals surface area contributed by atoms with Gasteiger partial charge in [0.05, 0.1) is 10.5 Å². The average Bonchev–Trinajstić information content (AvgIpc) is 2.25. The van der Waals surface area contributed by atoms with Crippen molar-refractivity contribution < 1.29 is 14.8 Å². The molecule has 0 bridgehead atoms. The van der Waals surface area contributed by atoms with Gasteiger partial charge in [-0.05, 0) is 12.1 Å². The lowest BCUT2D eigenvalue weighted by Gasteiger charge is -2.06. The van der Waals surface area contributed by atoms with Crippen LogP contribution in [0.1, 0.15) is 10.4 Å². The summed E-state index contributed by atoms with van der Waals surface area (Å²) in [5, 5.41) is 22.3. The smallest absolute Gasteiger partial charge is 0.335 e. The van der Waals surface area contributed by atoms with Crippen molar-refractivity contribution in [2.45, 2.75) is 0 Å². The quantitative estimate of drug-likeness (QED) is 0.644. The van der Waals surface area contributed by atoms with Gasteiger partial charge in [-0.3, -0.25) is 10.1 Å². The first-order chi connectivity index (χ1) is 7.91. The molecule has 0 fully saturated rings. The minimum absolute atomic E-state index is 0.0155. The lowest BCUT2D eigenvalue weighted by atomic mass is 10.1. The van der Waals surface area contributed by atoms with E-state index >= 15 is 0 Å². The van der Waals surface area contributed by atoms with Gasteiger partial charge in [-0.15, -0.1) is 0 Å². The van der Waals surface area contributed by atoms with Gasteiger partial charge >= 0.3 is 5.97 Å². The third kappa shape index (κ3) is 3.56. The number of hydrogen-bond donors (Lipinski definition) is 2. The van der Waals surface area contributed by atoms with E-state index in [1.807, 2.05) is 0 Å². The lowest BCUT2D eigenvalue weighted by Crippen LogP contribution is -2.06. The van der Waals surface area contributed by atoms with Crippen molar-refractivity contribution in [3.8, 4) is 0 Å². The molecule has 0 aliphatic carbocycles. The van der Waals surface area contributed by atoms with E-state index in [1.54, 1.807) is 0 Å². The van der Waals surface area contributed by atoms with E-state index in [4.69, 9.17) is 5.11 Å². The highest BCUT2D eigenvalue weighted by molar-refractivity contribution is 9.11. The Labute approximate surface area is 105 Å². The Kier molecular flexibility index (Phi) is 4.22. The van der Waals surface area contributed by atoms with Crippen molar-refractivity contribution in [1.82, 2.24) is 0 Å². The molecule has 0 radical (unpaired) electrons. The maximum Gasteiger partial charge on any atom is 0.335 e. The molecule has 1 aromatic carbocycles. The molecular weight excluding hydrogens is 292 g/mol. The van der Waals surface area contributed by atoms with Crippen LogP contribution in [0.2, 0.25) is 0 Å². The highest BCUT2D eigenvalue weighted by Gasteiger charge is 2.16. The van der Waals surface area contributed by atoms with Crippen LogP contribution in [0.15, 0.2) is 29.3 Å². The second-order valence-corrected chi connectivity index (χ2v) is 4.29. The minimum Gasteiger partial charge on any atom is -0.478 e. The van der Waals surface area contributed by atoms with Gasteiger partial charge in [-0.25, -0.2) is 4.79 Å². The van der Waals surface area contributed by atoms with Gasteiger partial charge in [-0.1, -0.05) is 22.5 Å². The number of aromatic carboxylic acids is 1. The van der Waals surface area contributed by atoms with Gasteiger partial charge in [0.2, 0.25) is 0 Å². The van der Waals surface area contributed by atoms with Gasteiger partial charge in [0.1, 0.15) is 5.69 Å². The van der Waals surface area contributed by atoms with Crippen molar-refractivity contribution in [2.24, 2.45) is 0 Å². The molecule has 0 amide bonds. The number of nitro groups is 1. The van der Waals surface area contributed by atoms with Crippen LogP contribution in [0.5, 0.6) is 0 Å². The summed E-state index contributed by atoms with van der Waals surface area (Å²) < 4.78 is 0.604. The van der Waals surface area contributed by atoms with Crippen molar-refractivity contribution >= 4 is 33.3 Å². The summed E-state index contributed by atoms with van der Waals surface area (Å²) in [6.45, 7) is 3.84.